The number of aryl methyl sites for hydroxylation is 1. The predicted molar refractivity (Wildman–Crippen MR) is 125 cm³/mol. The molecule has 2 N–H and O–H groups in total. The van der Waals surface area contributed by atoms with Crippen LogP contribution in [0.5, 0.6) is 0 Å². The van der Waals surface area contributed by atoms with Crippen molar-refractivity contribution in [3.05, 3.63) is 58.5 Å². The number of urea groups is 1. The number of hydrazine groups is 1. The molecule has 2 aliphatic heterocycles. The third-order valence-corrected chi connectivity index (χ3v) is 6.58. The molecule has 3 amide bonds. The van der Waals surface area contributed by atoms with Gasteiger partial charge in [-0.3, -0.25) is 10.2 Å². The van der Waals surface area contributed by atoms with Crippen LogP contribution in [-0.4, -0.2) is 35.6 Å². The zero-order valence-corrected chi connectivity index (χ0v) is 18.7. The summed E-state index contributed by atoms with van der Waals surface area (Å²) in [6.07, 6.45) is 1.63. The summed E-state index contributed by atoms with van der Waals surface area (Å²) in [4.78, 5) is 38.6. The van der Waals surface area contributed by atoms with Crippen molar-refractivity contribution in [3.63, 3.8) is 0 Å². The smallest absolute Gasteiger partial charge is 0.341 e. The lowest BCUT2D eigenvalue weighted by molar-refractivity contribution is -0.120. The van der Waals surface area contributed by atoms with Gasteiger partial charge in [0.2, 0.25) is 5.91 Å². The molecule has 2 heterocycles. The van der Waals surface area contributed by atoms with Crippen LogP contribution in [0, 0.1) is 11.8 Å². The first-order valence-electron chi connectivity index (χ1n) is 11.0. The molecule has 0 bridgehead atoms. The van der Waals surface area contributed by atoms with E-state index in [4.69, 9.17) is 0 Å². The first kappa shape index (κ1) is 21.8. The molecule has 168 valence electrons. The molecule has 0 unspecified atom stereocenters. The van der Waals surface area contributed by atoms with Gasteiger partial charge < -0.3 is 10.2 Å². The Balaban J connectivity index is 1.51. The number of amides is 3. The standard InChI is InChI=1S/C24H29N5O3/c1-16(2)20-6-4-5-17(3)22(20)25-23(31)29-24(15-21(30)26-29)11-13-28(14-12-24)19-9-7-18(27-32)8-10-19/h4-10,16H,11-15H2,1-3H3,(H,25,31)(H,26,30). The number of carbonyl (C=O) groups excluding carboxylic acids is 2. The Hall–Kier alpha value is -3.42. The molecule has 2 aromatic rings. The topological polar surface area (TPSA) is 94.1 Å². The van der Waals surface area contributed by atoms with Gasteiger partial charge in [0.05, 0.1) is 12.0 Å². The Kier molecular flexibility index (Phi) is 5.86. The summed E-state index contributed by atoms with van der Waals surface area (Å²) in [7, 11) is 0. The maximum Gasteiger partial charge on any atom is 0.341 e. The van der Waals surface area contributed by atoms with Crippen LogP contribution in [0.3, 0.4) is 0 Å². The van der Waals surface area contributed by atoms with Gasteiger partial charge >= 0.3 is 6.03 Å². The number of nitroso groups, excluding NO2 is 1. The van der Waals surface area contributed by atoms with E-state index in [2.05, 4.69) is 34.7 Å². The molecule has 2 aliphatic rings. The normalized spacial score (nSPS) is 17.6. The Morgan fingerprint density at radius 3 is 2.44 bits per heavy atom. The number of nitrogens with one attached hydrogen (secondary N) is 2. The van der Waals surface area contributed by atoms with E-state index in [9.17, 15) is 14.5 Å². The predicted octanol–water partition coefficient (Wildman–Crippen LogP) is 4.82. The lowest BCUT2D eigenvalue weighted by Gasteiger charge is -2.44. The average molecular weight is 436 g/mol. The first-order valence-corrected chi connectivity index (χ1v) is 11.0. The van der Waals surface area contributed by atoms with Crippen LogP contribution in [0.25, 0.3) is 0 Å². The summed E-state index contributed by atoms with van der Waals surface area (Å²) in [6, 6.07) is 12.8. The minimum absolute atomic E-state index is 0.135. The fourth-order valence-electron chi connectivity index (χ4n) is 4.74. The van der Waals surface area contributed by atoms with Gasteiger partial charge in [-0.15, -0.1) is 4.91 Å². The van der Waals surface area contributed by atoms with Crippen LogP contribution in [0.1, 0.15) is 50.2 Å². The van der Waals surface area contributed by atoms with E-state index in [0.717, 1.165) is 22.5 Å². The monoisotopic (exact) mass is 435 g/mol. The molecule has 0 atom stereocenters. The van der Waals surface area contributed by atoms with Crippen LogP contribution in [0.4, 0.5) is 21.9 Å². The van der Waals surface area contributed by atoms with Crippen molar-refractivity contribution in [1.82, 2.24) is 10.4 Å². The molecule has 8 heteroatoms. The second kappa shape index (κ2) is 8.61. The van der Waals surface area contributed by atoms with Crippen LogP contribution in [0.2, 0.25) is 0 Å². The second-order valence-electron chi connectivity index (χ2n) is 8.99. The highest BCUT2D eigenvalue weighted by Gasteiger charge is 2.49. The Morgan fingerprint density at radius 1 is 1.12 bits per heavy atom. The number of para-hydroxylation sites is 1. The van der Waals surface area contributed by atoms with Gasteiger partial charge in [0.15, 0.2) is 0 Å². The molecule has 2 aromatic carbocycles. The van der Waals surface area contributed by atoms with Crippen molar-refractivity contribution in [1.29, 1.82) is 0 Å². The minimum atomic E-state index is -0.553. The molecule has 32 heavy (non-hydrogen) atoms. The average Bonchev–Trinajstić information content (AvgIpc) is 3.11. The van der Waals surface area contributed by atoms with Gasteiger partial charge in [0.1, 0.15) is 5.69 Å². The molecule has 0 aromatic heterocycles. The van der Waals surface area contributed by atoms with E-state index in [1.165, 1.54) is 5.01 Å². The van der Waals surface area contributed by atoms with E-state index in [0.29, 0.717) is 38.0 Å². The third-order valence-electron chi connectivity index (χ3n) is 6.58. The van der Waals surface area contributed by atoms with Crippen molar-refractivity contribution >= 4 is 29.0 Å². The molecule has 0 aliphatic carbocycles. The van der Waals surface area contributed by atoms with Gasteiger partial charge in [-0.25, -0.2) is 9.80 Å². The number of nitrogens with zero attached hydrogens (tertiary/aromatic N) is 3. The maximum atomic E-state index is 13.3. The number of anilines is 2. The van der Waals surface area contributed by atoms with Crippen LogP contribution >= 0.6 is 0 Å². The van der Waals surface area contributed by atoms with Crippen molar-refractivity contribution < 1.29 is 9.59 Å². The molecular weight excluding hydrogens is 406 g/mol. The number of piperidine rings is 1. The molecule has 0 saturated carbocycles. The first-order chi connectivity index (χ1) is 15.3. The van der Waals surface area contributed by atoms with E-state index in [1.54, 1.807) is 12.1 Å². The summed E-state index contributed by atoms with van der Waals surface area (Å²) in [5.41, 5.74) is 6.51. The molecule has 4 rings (SSSR count). The quantitative estimate of drug-likeness (QED) is 0.673. The number of rotatable bonds is 4. The highest BCUT2D eigenvalue weighted by Crippen LogP contribution is 2.37. The molecule has 0 radical (unpaired) electrons. The summed E-state index contributed by atoms with van der Waals surface area (Å²) >= 11 is 0. The zero-order valence-electron chi connectivity index (χ0n) is 18.7. The molecular formula is C24H29N5O3. The second-order valence-corrected chi connectivity index (χ2v) is 8.99. The molecule has 1 spiro atoms. The Labute approximate surface area is 187 Å². The summed E-state index contributed by atoms with van der Waals surface area (Å²) in [5.74, 6) is 0.125. The number of hydrogen-bond acceptors (Lipinski definition) is 5. The van der Waals surface area contributed by atoms with E-state index in [1.807, 2.05) is 37.3 Å². The summed E-state index contributed by atoms with van der Waals surface area (Å²) < 4.78 is 0. The Morgan fingerprint density at radius 2 is 1.81 bits per heavy atom. The lowest BCUT2D eigenvalue weighted by atomic mass is 9.84. The number of hydrogen-bond donors (Lipinski definition) is 2. The molecule has 2 saturated heterocycles. The molecule has 2 fully saturated rings. The zero-order chi connectivity index (χ0) is 22.9. The highest BCUT2D eigenvalue weighted by atomic mass is 16.3. The largest absolute Gasteiger partial charge is 0.371 e. The van der Waals surface area contributed by atoms with Gasteiger partial charge in [-0.05, 0) is 66.3 Å². The van der Waals surface area contributed by atoms with Crippen LogP contribution in [0.15, 0.2) is 47.6 Å². The van der Waals surface area contributed by atoms with Crippen LogP contribution < -0.4 is 15.6 Å². The Bertz CT molecular complexity index is 1030. The number of carbonyl (C=O) groups is 2. The van der Waals surface area contributed by atoms with Gasteiger partial charge in [-0.1, -0.05) is 32.0 Å². The lowest BCUT2D eigenvalue weighted by Crippen LogP contribution is -2.58. The highest BCUT2D eigenvalue weighted by molar-refractivity contribution is 5.95. The maximum absolute atomic E-state index is 13.3. The summed E-state index contributed by atoms with van der Waals surface area (Å²) in [5, 5.41) is 7.53. The van der Waals surface area contributed by atoms with Crippen LogP contribution in [-0.2, 0) is 4.79 Å². The van der Waals surface area contributed by atoms with Crippen molar-refractivity contribution in [2.75, 3.05) is 23.3 Å². The van der Waals surface area contributed by atoms with Crippen molar-refractivity contribution in [3.8, 4) is 0 Å². The third kappa shape index (κ3) is 4.04. The van der Waals surface area contributed by atoms with Gasteiger partial charge in [-0.2, -0.15) is 0 Å². The van der Waals surface area contributed by atoms with Crippen molar-refractivity contribution in [2.45, 2.75) is 51.5 Å². The van der Waals surface area contributed by atoms with E-state index < -0.39 is 5.54 Å². The van der Waals surface area contributed by atoms with Crippen molar-refractivity contribution in [2.24, 2.45) is 5.18 Å². The number of benzene rings is 2. The SMILES string of the molecule is Cc1cccc(C(C)C)c1NC(=O)N1NC(=O)CC12CCN(c1ccc(N=O)cc1)CC2. The fourth-order valence-corrected chi connectivity index (χ4v) is 4.74. The summed E-state index contributed by atoms with van der Waals surface area (Å²) in [6.45, 7) is 7.57. The van der Waals surface area contributed by atoms with Gasteiger partial charge in [0, 0.05) is 24.5 Å². The van der Waals surface area contributed by atoms with E-state index in [-0.39, 0.29) is 17.9 Å². The van der Waals surface area contributed by atoms with E-state index >= 15 is 0 Å². The minimum Gasteiger partial charge on any atom is -0.371 e. The molecule has 8 nitrogen and oxygen atoms in total. The van der Waals surface area contributed by atoms with Gasteiger partial charge in [0.25, 0.3) is 0 Å². The fraction of sp³-hybridized carbons (Fsp3) is 0.417.